The first-order valence-electron chi connectivity index (χ1n) is 9.26. The third-order valence-electron chi connectivity index (χ3n) is 5.48. The third-order valence-corrected chi connectivity index (χ3v) is 5.48. The number of likely N-dealkylation sites (tertiary alicyclic amines) is 1. The number of benzene rings is 1. The Kier molecular flexibility index (Phi) is 7.25. The number of carbonyl (C=O) groups is 1. The van der Waals surface area contributed by atoms with Crippen LogP contribution in [-0.4, -0.2) is 35.6 Å². The number of aliphatic hydroxyl groups is 1. The zero-order valence-corrected chi connectivity index (χ0v) is 15.3. The highest BCUT2D eigenvalue weighted by Crippen LogP contribution is 2.21. The second-order valence-electron chi connectivity index (χ2n) is 7.27. The molecule has 0 radical (unpaired) electrons. The standard InChI is InChI=1S/C20H32N2O2/c1-4-15(2)16(3)20(24)21-19-7-5-6-18(12-19)13-22-10-8-17(14-23)9-11-22/h5-7,12,15-17,23H,4,8-11,13-14H2,1-3H3,(H,21,24). The first-order valence-corrected chi connectivity index (χ1v) is 9.26. The van der Waals surface area contributed by atoms with Gasteiger partial charge in [0.05, 0.1) is 0 Å². The van der Waals surface area contributed by atoms with Crippen LogP contribution in [0.1, 0.15) is 45.6 Å². The largest absolute Gasteiger partial charge is 0.396 e. The Bertz CT molecular complexity index is 524. The maximum atomic E-state index is 12.3. The SMILES string of the molecule is CCC(C)C(C)C(=O)Nc1cccc(CN2CCC(CO)CC2)c1. The molecule has 1 saturated heterocycles. The predicted molar refractivity (Wildman–Crippen MR) is 98.8 cm³/mol. The normalized spacial score (nSPS) is 19.0. The minimum atomic E-state index is 0.0242. The van der Waals surface area contributed by atoms with Crippen molar-refractivity contribution in [1.29, 1.82) is 0 Å². The van der Waals surface area contributed by atoms with E-state index in [4.69, 9.17) is 0 Å². The molecule has 0 aliphatic carbocycles. The van der Waals surface area contributed by atoms with Gasteiger partial charge in [0, 0.05) is 24.8 Å². The zero-order valence-electron chi connectivity index (χ0n) is 15.3. The fourth-order valence-corrected chi connectivity index (χ4v) is 3.20. The van der Waals surface area contributed by atoms with E-state index in [2.05, 4.69) is 36.2 Å². The summed E-state index contributed by atoms with van der Waals surface area (Å²) in [7, 11) is 0. The predicted octanol–water partition coefficient (Wildman–Crippen LogP) is 3.51. The van der Waals surface area contributed by atoms with E-state index >= 15 is 0 Å². The number of nitrogens with one attached hydrogen (secondary N) is 1. The highest BCUT2D eigenvalue weighted by Gasteiger charge is 2.20. The topological polar surface area (TPSA) is 52.6 Å². The van der Waals surface area contributed by atoms with Crippen LogP contribution in [0.4, 0.5) is 5.69 Å². The number of amides is 1. The molecule has 0 saturated carbocycles. The molecule has 1 amide bonds. The Balaban J connectivity index is 1.91. The Morgan fingerprint density at radius 1 is 1.33 bits per heavy atom. The monoisotopic (exact) mass is 332 g/mol. The number of rotatable bonds is 7. The van der Waals surface area contributed by atoms with Crippen LogP contribution < -0.4 is 5.32 Å². The van der Waals surface area contributed by atoms with E-state index in [-0.39, 0.29) is 11.8 Å². The summed E-state index contributed by atoms with van der Waals surface area (Å²) in [4.78, 5) is 14.8. The molecule has 2 rings (SSSR count). The van der Waals surface area contributed by atoms with E-state index in [9.17, 15) is 9.90 Å². The van der Waals surface area contributed by atoms with Crippen molar-refractivity contribution in [3.8, 4) is 0 Å². The maximum Gasteiger partial charge on any atom is 0.227 e. The van der Waals surface area contributed by atoms with Crippen molar-refractivity contribution in [2.45, 2.75) is 46.6 Å². The number of hydrogen-bond acceptors (Lipinski definition) is 3. The van der Waals surface area contributed by atoms with Crippen LogP contribution in [0.3, 0.4) is 0 Å². The van der Waals surface area contributed by atoms with Gasteiger partial charge in [-0.25, -0.2) is 0 Å². The average molecular weight is 332 g/mol. The Morgan fingerprint density at radius 2 is 2.04 bits per heavy atom. The first-order chi connectivity index (χ1) is 11.5. The summed E-state index contributed by atoms with van der Waals surface area (Å²) in [5.41, 5.74) is 2.12. The minimum absolute atomic E-state index is 0.0242. The van der Waals surface area contributed by atoms with E-state index in [0.717, 1.165) is 44.6 Å². The van der Waals surface area contributed by atoms with Crippen molar-refractivity contribution >= 4 is 11.6 Å². The zero-order chi connectivity index (χ0) is 17.5. The number of piperidine rings is 1. The summed E-state index contributed by atoms with van der Waals surface area (Å²) in [6.45, 7) is 9.52. The van der Waals surface area contributed by atoms with Crippen LogP contribution in [-0.2, 0) is 11.3 Å². The summed E-state index contributed by atoms with van der Waals surface area (Å²) < 4.78 is 0. The minimum Gasteiger partial charge on any atom is -0.396 e. The van der Waals surface area contributed by atoms with Gasteiger partial charge in [-0.3, -0.25) is 9.69 Å². The van der Waals surface area contributed by atoms with Crippen molar-refractivity contribution in [2.75, 3.05) is 25.0 Å². The molecule has 134 valence electrons. The molecule has 1 fully saturated rings. The maximum absolute atomic E-state index is 12.3. The molecular weight excluding hydrogens is 300 g/mol. The summed E-state index contributed by atoms with van der Waals surface area (Å²) in [5.74, 6) is 0.983. The van der Waals surface area contributed by atoms with Crippen LogP contribution in [0.15, 0.2) is 24.3 Å². The van der Waals surface area contributed by atoms with E-state index < -0.39 is 0 Å². The van der Waals surface area contributed by atoms with E-state index in [1.807, 2.05) is 19.1 Å². The third kappa shape index (κ3) is 5.32. The lowest BCUT2D eigenvalue weighted by molar-refractivity contribution is -0.120. The van der Waals surface area contributed by atoms with Gasteiger partial charge in [-0.15, -0.1) is 0 Å². The number of anilines is 1. The Labute approximate surface area is 146 Å². The van der Waals surface area contributed by atoms with Gasteiger partial charge in [-0.2, -0.15) is 0 Å². The molecule has 4 nitrogen and oxygen atoms in total. The van der Waals surface area contributed by atoms with E-state index in [0.29, 0.717) is 18.4 Å². The summed E-state index contributed by atoms with van der Waals surface area (Å²) in [6, 6.07) is 8.17. The molecule has 2 unspecified atom stereocenters. The van der Waals surface area contributed by atoms with Gasteiger partial charge in [0.15, 0.2) is 0 Å². The van der Waals surface area contributed by atoms with Gasteiger partial charge < -0.3 is 10.4 Å². The molecule has 1 heterocycles. The summed E-state index contributed by atoms with van der Waals surface area (Å²) in [5, 5.41) is 12.3. The quantitative estimate of drug-likeness (QED) is 0.803. The molecule has 2 atom stereocenters. The summed E-state index contributed by atoms with van der Waals surface area (Å²) >= 11 is 0. The second kappa shape index (κ2) is 9.19. The molecule has 2 N–H and O–H groups in total. The van der Waals surface area contributed by atoms with Gasteiger partial charge in [-0.1, -0.05) is 39.3 Å². The molecule has 0 aromatic heterocycles. The van der Waals surface area contributed by atoms with Crippen LogP contribution >= 0.6 is 0 Å². The summed E-state index contributed by atoms with van der Waals surface area (Å²) in [6.07, 6.45) is 3.15. The van der Waals surface area contributed by atoms with Gasteiger partial charge >= 0.3 is 0 Å². The number of aliphatic hydroxyl groups excluding tert-OH is 1. The van der Waals surface area contributed by atoms with Gasteiger partial charge in [0.25, 0.3) is 0 Å². The molecule has 1 aromatic carbocycles. The smallest absolute Gasteiger partial charge is 0.227 e. The lowest BCUT2D eigenvalue weighted by Crippen LogP contribution is -2.34. The molecule has 0 bridgehead atoms. The fourth-order valence-electron chi connectivity index (χ4n) is 3.20. The lowest BCUT2D eigenvalue weighted by Gasteiger charge is -2.31. The van der Waals surface area contributed by atoms with E-state index in [1.54, 1.807) is 0 Å². The fraction of sp³-hybridized carbons (Fsp3) is 0.650. The highest BCUT2D eigenvalue weighted by molar-refractivity contribution is 5.92. The lowest BCUT2D eigenvalue weighted by atomic mass is 9.93. The van der Waals surface area contributed by atoms with Crippen LogP contribution in [0.25, 0.3) is 0 Å². The number of hydrogen-bond donors (Lipinski definition) is 2. The van der Waals surface area contributed by atoms with Gasteiger partial charge in [0.2, 0.25) is 5.91 Å². The average Bonchev–Trinajstić information content (AvgIpc) is 2.61. The van der Waals surface area contributed by atoms with Crippen LogP contribution in [0, 0.1) is 17.8 Å². The van der Waals surface area contributed by atoms with Crippen LogP contribution in [0.2, 0.25) is 0 Å². The van der Waals surface area contributed by atoms with Gasteiger partial charge in [0.1, 0.15) is 0 Å². The highest BCUT2D eigenvalue weighted by atomic mass is 16.3. The van der Waals surface area contributed by atoms with Crippen molar-refractivity contribution in [2.24, 2.45) is 17.8 Å². The molecule has 1 aromatic rings. The molecular formula is C20H32N2O2. The van der Waals surface area contributed by atoms with E-state index in [1.165, 1.54) is 5.56 Å². The molecule has 0 spiro atoms. The van der Waals surface area contributed by atoms with Crippen molar-refractivity contribution in [1.82, 2.24) is 4.90 Å². The molecule has 24 heavy (non-hydrogen) atoms. The number of carbonyl (C=O) groups excluding carboxylic acids is 1. The van der Waals surface area contributed by atoms with Crippen molar-refractivity contribution < 1.29 is 9.90 Å². The van der Waals surface area contributed by atoms with Crippen molar-refractivity contribution in [3.05, 3.63) is 29.8 Å². The molecule has 1 aliphatic rings. The first kappa shape index (κ1) is 18.9. The number of nitrogens with zero attached hydrogens (tertiary/aromatic N) is 1. The van der Waals surface area contributed by atoms with Gasteiger partial charge in [-0.05, 0) is 55.5 Å². The Morgan fingerprint density at radius 3 is 2.67 bits per heavy atom. The molecule has 1 aliphatic heterocycles. The molecule has 4 heteroatoms. The van der Waals surface area contributed by atoms with Crippen molar-refractivity contribution in [3.63, 3.8) is 0 Å². The Hall–Kier alpha value is -1.39. The second-order valence-corrected chi connectivity index (χ2v) is 7.27. The van der Waals surface area contributed by atoms with Crippen LogP contribution in [0.5, 0.6) is 0 Å².